The minimum absolute atomic E-state index is 0.0149. The lowest BCUT2D eigenvalue weighted by Crippen LogP contribution is -2.55. The summed E-state index contributed by atoms with van der Waals surface area (Å²) >= 11 is 0. The van der Waals surface area contributed by atoms with Crippen molar-refractivity contribution in [2.75, 3.05) is 20.3 Å². The molecule has 196 valence electrons. The van der Waals surface area contributed by atoms with Gasteiger partial charge in [0.05, 0.1) is 25.7 Å². The van der Waals surface area contributed by atoms with Crippen LogP contribution in [0.15, 0.2) is 48.0 Å². The summed E-state index contributed by atoms with van der Waals surface area (Å²) in [6.45, 7) is 1.22. The Morgan fingerprint density at radius 3 is 2.68 bits per heavy atom. The fourth-order valence-corrected chi connectivity index (χ4v) is 4.93. The Morgan fingerprint density at radius 2 is 2.03 bits per heavy atom. The van der Waals surface area contributed by atoms with Crippen LogP contribution in [0.5, 0.6) is 11.5 Å². The highest BCUT2D eigenvalue weighted by atomic mass is 19.1. The van der Waals surface area contributed by atoms with Gasteiger partial charge in [0.15, 0.2) is 11.5 Å². The molecule has 4 rings (SSSR count). The van der Waals surface area contributed by atoms with E-state index in [1.54, 1.807) is 31.2 Å². The quantitative estimate of drug-likeness (QED) is 0.437. The second kappa shape index (κ2) is 11.1. The number of carbonyl (C=O) groups excluding carboxylic acids is 3. The first-order chi connectivity index (χ1) is 17.8. The molecule has 2 aromatic carbocycles. The Morgan fingerprint density at radius 1 is 1.27 bits per heavy atom. The molecule has 1 heterocycles. The summed E-state index contributed by atoms with van der Waals surface area (Å²) in [4.78, 5) is 39.2. The molecule has 0 radical (unpaired) electrons. The van der Waals surface area contributed by atoms with Gasteiger partial charge in [0.2, 0.25) is 11.8 Å². The fourth-order valence-electron chi connectivity index (χ4n) is 4.93. The minimum atomic E-state index is -1.29. The molecule has 1 aliphatic heterocycles. The predicted octanol–water partition coefficient (Wildman–Crippen LogP) is 1.71. The van der Waals surface area contributed by atoms with E-state index in [1.807, 2.05) is 0 Å². The van der Waals surface area contributed by atoms with Gasteiger partial charge >= 0.3 is 0 Å². The number of halogens is 1. The fraction of sp³-hybridized carbons (Fsp3) is 0.370. The van der Waals surface area contributed by atoms with Gasteiger partial charge in [0, 0.05) is 41.8 Å². The molecular formula is C27H29FN2O7. The molecule has 0 fully saturated rings. The molecular weight excluding hydrogens is 483 g/mol. The van der Waals surface area contributed by atoms with E-state index in [-0.39, 0.29) is 54.7 Å². The number of rotatable bonds is 9. The number of hydrogen-bond donors (Lipinski definition) is 3. The van der Waals surface area contributed by atoms with Crippen LogP contribution in [0.4, 0.5) is 4.39 Å². The number of aliphatic hydroxyl groups excluding tert-OH is 2. The van der Waals surface area contributed by atoms with Crippen molar-refractivity contribution >= 4 is 18.1 Å². The average molecular weight is 513 g/mol. The van der Waals surface area contributed by atoms with Gasteiger partial charge in [0.1, 0.15) is 24.3 Å². The smallest absolute Gasteiger partial charge is 0.247 e. The Hall–Kier alpha value is -3.76. The van der Waals surface area contributed by atoms with Gasteiger partial charge in [0.25, 0.3) is 0 Å². The summed E-state index contributed by atoms with van der Waals surface area (Å²) in [6, 6.07) is 8.08. The third-order valence-electron chi connectivity index (χ3n) is 6.69. The summed E-state index contributed by atoms with van der Waals surface area (Å²) < 4.78 is 26.0. The van der Waals surface area contributed by atoms with Gasteiger partial charge in [-0.2, -0.15) is 0 Å². The van der Waals surface area contributed by atoms with Crippen LogP contribution in [0.3, 0.4) is 0 Å². The molecule has 3 N–H and O–H groups in total. The third-order valence-corrected chi connectivity index (χ3v) is 6.69. The molecule has 0 unspecified atom stereocenters. The van der Waals surface area contributed by atoms with Gasteiger partial charge in [-0.25, -0.2) is 4.39 Å². The average Bonchev–Trinajstić information content (AvgIpc) is 3.31. The zero-order chi connectivity index (χ0) is 26.7. The van der Waals surface area contributed by atoms with E-state index in [0.29, 0.717) is 17.4 Å². The van der Waals surface area contributed by atoms with E-state index in [9.17, 15) is 29.0 Å². The highest BCUT2D eigenvalue weighted by Gasteiger charge is 2.51. The van der Waals surface area contributed by atoms with Gasteiger partial charge in [-0.15, -0.1) is 0 Å². The van der Waals surface area contributed by atoms with Crippen molar-refractivity contribution in [3.8, 4) is 11.5 Å². The summed E-state index contributed by atoms with van der Waals surface area (Å²) in [6.07, 6.45) is -0.0695. The summed E-state index contributed by atoms with van der Waals surface area (Å²) in [7, 11) is 1.41. The molecule has 0 bridgehead atoms. The van der Waals surface area contributed by atoms with Crippen LogP contribution in [0.2, 0.25) is 0 Å². The van der Waals surface area contributed by atoms with Crippen LogP contribution in [0, 0.1) is 5.82 Å². The number of amides is 2. The maximum Gasteiger partial charge on any atom is 0.247 e. The van der Waals surface area contributed by atoms with E-state index in [4.69, 9.17) is 9.47 Å². The number of nitrogens with zero attached hydrogens (tertiary/aromatic N) is 1. The van der Waals surface area contributed by atoms with Gasteiger partial charge in [-0.05, 0) is 24.3 Å². The number of methoxy groups -OCH3 is 1. The summed E-state index contributed by atoms with van der Waals surface area (Å²) in [5, 5.41) is 23.3. The van der Waals surface area contributed by atoms with Crippen molar-refractivity contribution in [1.29, 1.82) is 0 Å². The van der Waals surface area contributed by atoms with E-state index in [1.165, 1.54) is 30.2 Å². The number of aldehydes is 1. The summed E-state index contributed by atoms with van der Waals surface area (Å²) in [5.41, 5.74) is 1.23. The molecule has 37 heavy (non-hydrogen) atoms. The van der Waals surface area contributed by atoms with Crippen molar-refractivity contribution in [2.45, 2.75) is 44.1 Å². The normalized spacial score (nSPS) is 21.7. The molecule has 2 aliphatic rings. The largest absolute Gasteiger partial charge is 0.493 e. The lowest BCUT2D eigenvalue weighted by atomic mass is 9.77. The summed E-state index contributed by atoms with van der Waals surface area (Å²) in [5.74, 6) is -1.61. The molecule has 1 aliphatic carbocycles. The number of aliphatic hydroxyl groups is 2. The lowest BCUT2D eigenvalue weighted by Gasteiger charge is -2.40. The van der Waals surface area contributed by atoms with Crippen LogP contribution in [-0.4, -0.2) is 71.7 Å². The van der Waals surface area contributed by atoms with Crippen molar-refractivity contribution in [2.24, 2.45) is 0 Å². The Kier molecular flexibility index (Phi) is 7.89. The molecule has 10 heteroatoms. The first-order valence-corrected chi connectivity index (χ1v) is 12.0. The second-order valence-corrected chi connectivity index (χ2v) is 8.87. The SMILES string of the molecule is CCC(=O)N(Cc1ccccc1F)[C@@H]1C=C(C(=O)NCCO)[C@@H]2c3cc(C=O)cc(OC)c3O[C@@H]2[C@H]1O. The van der Waals surface area contributed by atoms with E-state index < -0.39 is 35.9 Å². The van der Waals surface area contributed by atoms with Crippen LogP contribution >= 0.6 is 0 Å². The number of nitrogens with one attached hydrogen (secondary N) is 1. The first-order valence-electron chi connectivity index (χ1n) is 12.0. The molecule has 2 aromatic rings. The molecule has 0 spiro atoms. The Bertz CT molecular complexity index is 1230. The molecule has 0 saturated heterocycles. The van der Waals surface area contributed by atoms with E-state index >= 15 is 0 Å². The number of ether oxygens (including phenoxy) is 2. The number of benzene rings is 2. The number of fused-ring (bicyclic) bond motifs is 3. The van der Waals surface area contributed by atoms with Crippen molar-refractivity contribution in [1.82, 2.24) is 10.2 Å². The minimum Gasteiger partial charge on any atom is -0.493 e. The lowest BCUT2D eigenvalue weighted by molar-refractivity contribution is -0.137. The molecule has 2 amide bonds. The second-order valence-electron chi connectivity index (χ2n) is 8.87. The maximum absolute atomic E-state index is 14.5. The van der Waals surface area contributed by atoms with Crippen LogP contribution in [-0.2, 0) is 16.1 Å². The first kappa shape index (κ1) is 26.3. The van der Waals surface area contributed by atoms with Gasteiger partial charge in [-0.1, -0.05) is 25.1 Å². The van der Waals surface area contributed by atoms with Gasteiger partial charge in [-0.3, -0.25) is 14.4 Å². The van der Waals surface area contributed by atoms with Crippen molar-refractivity contribution < 1.29 is 38.5 Å². The van der Waals surface area contributed by atoms with Crippen LogP contribution in [0.1, 0.15) is 40.7 Å². The van der Waals surface area contributed by atoms with E-state index in [0.717, 1.165) is 0 Å². The highest BCUT2D eigenvalue weighted by molar-refractivity contribution is 5.96. The predicted molar refractivity (Wildman–Crippen MR) is 131 cm³/mol. The molecule has 9 nitrogen and oxygen atoms in total. The van der Waals surface area contributed by atoms with E-state index in [2.05, 4.69) is 5.32 Å². The van der Waals surface area contributed by atoms with Gasteiger partial charge < -0.3 is 29.9 Å². The number of hydrogen-bond acceptors (Lipinski definition) is 7. The zero-order valence-electron chi connectivity index (χ0n) is 20.5. The zero-order valence-corrected chi connectivity index (χ0v) is 20.5. The molecule has 0 saturated carbocycles. The monoisotopic (exact) mass is 512 g/mol. The third kappa shape index (κ3) is 4.94. The van der Waals surface area contributed by atoms with Crippen LogP contribution in [0.25, 0.3) is 0 Å². The number of carbonyl (C=O) groups is 3. The topological polar surface area (TPSA) is 125 Å². The Labute approximate surface area is 213 Å². The highest BCUT2D eigenvalue weighted by Crippen LogP contribution is 2.51. The van der Waals surface area contributed by atoms with Crippen molar-refractivity contribution in [3.63, 3.8) is 0 Å². The Balaban J connectivity index is 1.83. The molecule has 4 atom stereocenters. The standard InChI is InChI=1S/C27H29FN2O7/c1-3-22(33)30(13-16-6-4-5-7-19(16)28)20-12-18(27(35)29-8-9-31)23-17-10-15(14-32)11-21(36-2)25(17)37-26(23)24(20)34/h4-7,10-12,14,20,23-24,26,31,34H,3,8-9,13H2,1-2H3,(H,29,35)/t20-,23+,24+,26+/m1/s1. The molecule has 0 aromatic heterocycles. The maximum atomic E-state index is 14.5. The van der Waals surface area contributed by atoms with Crippen molar-refractivity contribution in [3.05, 3.63) is 70.6 Å². The van der Waals surface area contributed by atoms with Crippen LogP contribution < -0.4 is 14.8 Å².